The Morgan fingerprint density at radius 2 is 1.40 bits per heavy atom. The van der Waals surface area contributed by atoms with E-state index in [1.165, 1.54) is 0 Å². The zero-order valence-electron chi connectivity index (χ0n) is 17.7. The quantitative estimate of drug-likeness (QED) is 0.537. The smallest absolute Gasteiger partial charge is 0.119 e. The van der Waals surface area contributed by atoms with Gasteiger partial charge >= 0.3 is 0 Å². The van der Waals surface area contributed by atoms with Crippen molar-refractivity contribution in [2.45, 2.75) is 13.0 Å². The molecule has 3 aromatic carbocycles. The zero-order valence-corrected chi connectivity index (χ0v) is 17.7. The lowest BCUT2D eigenvalue weighted by Gasteiger charge is -2.20. The second-order valence-corrected chi connectivity index (χ2v) is 7.55. The monoisotopic (exact) mass is 403 g/mol. The number of hydrogen-bond donors (Lipinski definition) is 2. The van der Waals surface area contributed by atoms with Gasteiger partial charge in [-0.2, -0.15) is 0 Å². The van der Waals surface area contributed by atoms with Crippen LogP contribution >= 0.6 is 0 Å². The fourth-order valence-corrected chi connectivity index (χ4v) is 3.38. The van der Waals surface area contributed by atoms with Crippen molar-refractivity contribution in [1.29, 1.82) is 0 Å². The van der Waals surface area contributed by atoms with Gasteiger partial charge in [0.2, 0.25) is 0 Å². The van der Waals surface area contributed by atoms with Crippen LogP contribution in [-0.2, 0) is 0 Å². The van der Waals surface area contributed by atoms with Gasteiger partial charge in [-0.05, 0) is 73.1 Å². The Kier molecular flexibility index (Phi) is 7.28. The second-order valence-electron chi connectivity index (χ2n) is 7.55. The Labute approximate surface area is 178 Å². The fraction of sp³-hybridized carbons (Fsp3) is 0.231. The first-order chi connectivity index (χ1) is 14.5. The Morgan fingerprint density at radius 1 is 0.833 bits per heavy atom. The van der Waals surface area contributed by atoms with Crippen LogP contribution in [0.3, 0.4) is 0 Å². The van der Waals surface area contributed by atoms with Crippen LogP contribution in [0.25, 0.3) is 11.1 Å². The molecule has 156 valence electrons. The minimum atomic E-state index is -0.674. The predicted octanol–water partition coefficient (Wildman–Crippen LogP) is 4.67. The summed E-state index contributed by atoms with van der Waals surface area (Å²) in [6, 6.07) is 24.9. The summed E-state index contributed by atoms with van der Waals surface area (Å²) in [6.07, 6.45) is -0.674. The van der Waals surface area contributed by atoms with Gasteiger partial charge in [-0.25, -0.2) is 0 Å². The Morgan fingerprint density at radius 3 is 1.93 bits per heavy atom. The Bertz CT molecular complexity index is 959. The van der Waals surface area contributed by atoms with Crippen LogP contribution < -0.4 is 4.74 Å². The number of ether oxygens (including phenoxy) is 1. The molecule has 0 bridgehead atoms. The van der Waals surface area contributed by atoms with E-state index in [1.54, 1.807) is 19.1 Å². The molecule has 3 rings (SSSR count). The van der Waals surface area contributed by atoms with Gasteiger partial charge in [0, 0.05) is 6.54 Å². The molecule has 0 saturated carbocycles. The molecule has 2 N–H and O–H groups in total. The molecule has 0 heterocycles. The summed E-state index contributed by atoms with van der Waals surface area (Å²) in [7, 11) is 4.03. The van der Waals surface area contributed by atoms with Gasteiger partial charge < -0.3 is 19.8 Å². The first kappa shape index (κ1) is 21.6. The molecule has 4 nitrogen and oxygen atoms in total. The third-order valence-electron chi connectivity index (χ3n) is 4.88. The Hall–Kier alpha value is -3.08. The van der Waals surface area contributed by atoms with E-state index in [2.05, 4.69) is 4.90 Å². The maximum Gasteiger partial charge on any atom is 0.119 e. The highest BCUT2D eigenvalue weighted by Crippen LogP contribution is 2.35. The van der Waals surface area contributed by atoms with Crippen molar-refractivity contribution in [2.75, 3.05) is 27.2 Å². The normalized spacial score (nSPS) is 13.1. The van der Waals surface area contributed by atoms with Crippen LogP contribution in [0, 0.1) is 0 Å². The number of likely N-dealkylation sites (N-methyl/N-ethyl adjacent to an activating group) is 1. The van der Waals surface area contributed by atoms with Gasteiger partial charge in [-0.15, -0.1) is 0 Å². The summed E-state index contributed by atoms with van der Waals surface area (Å²) in [5, 5.41) is 20.4. The molecule has 0 fully saturated rings. The van der Waals surface area contributed by atoms with E-state index in [-0.39, 0.29) is 5.75 Å². The highest BCUT2D eigenvalue weighted by molar-refractivity contribution is 5.99. The molecular formula is C26H29NO3. The fourth-order valence-electron chi connectivity index (χ4n) is 3.38. The van der Waals surface area contributed by atoms with E-state index in [9.17, 15) is 10.2 Å². The van der Waals surface area contributed by atoms with Crippen molar-refractivity contribution < 1.29 is 14.9 Å². The molecule has 0 aliphatic carbocycles. The number of aliphatic hydroxyl groups is 1. The van der Waals surface area contributed by atoms with Crippen molar-refractivity contribution >= 4 is 11.1 Å². The summed E-state index contributed by atoms with van der Waals surface area (Å²) in [6.45, 7) is 3.25. The lowest BCUT2D eigenvalue weighted by atomic mass is 9.87. The number of benzene rings is 3. The number of phenols is 1. The molecule has 0 aliphatic rings. The third kappa shape index (κ3) is 5.50. The van der Waals surface area contributed by atoms with Crippen LogP contribution in [0.4, 0.5) is 0 Å². The summed E-state index contributed by atoms with van der Waals surface area (Å²) in [5.74, 6) is 1.02. The SMILES string of the molecule is CC(O)C(=C(c1ccc(O)cc1)c1ccc(OCCN(C)C)cc1)c1ccccc1. The van der Waals surface area contributed by atoms with Gasteiger partial charge in [0.15, 0.2) is 0 Å². The molecule has 0 spiro atoms. The maximum atomic E-state index is 10.7. The molecule has 0 aromatic heterocycles. The summed E-state index contributed by atoms with van der Waals surface area (Å²) >= 11 is 0. The van der Waals surface area contributed by atoms with Crippen molar-refractivity contribution in [1.82, 2.24) is 4.90 Å². The van der Waals surface area contributed by atoms with E-state index in [0.29, 0.717) is 6.61 Å². The first-order valence-electron chi connectivity index (χ1n) is 10.1. The summed E-state index contributed by atoms with van der Waals surface area (Å²) in [4.78, 5) is 2.08. The number of hydrogen-bond acceptors (Lipinski definition) is 4. The van der Waals surface area contributed by atoms with Crippen molar-refractivity contribution in [3.8, 4) is 11.5 Å². The van der Waals surface area contributed by atoms with E-state index in [0.717, 1.165) is 40.1 Å². The average Bonchev–Trinajstić information content (AvgIpc) is 2.73. The van der Waals surface area contributed by atoms with E-state index >= 15 is 0 Å². The van der Waals surface area contributed by atoms with Gasteiger partial charge in [0.25, 0.3) is 0 Å². The zero-order chi connectivity index (χ0) is 21.5. The van der Waals surface area contributed by atoms with Gasteiger partial charge in [-0.3, -0.25) is 0 Å². The van der Waals surface area contributed by atoms with Crippen LogP contribution in [0.1, 0.15) is 23.6 Å². The van der Waals surface area contributed by atoms with E-state index in [1.807, 2.05) is 80.8 Å². The molecule has 30 heavy (non-hydrogen) atoms. The average molecular weight is 404 g/mol. The molecule has 0 saturated heterocycles. The van der Waals surface area contributed by atoms with Crippen LogP contribution in [-0.4, -0.2) is 48.5 Å². The topological polar surface area (TPSA) is 52.9 Å². The molecule has 1 atom stereocenters. The number of aliphatic hydroxyl groups excluding tert-OH is 1. The molecule has 4 heteroatoms. The number of nitrogens with zero attached hydrogens (tertiary/aromatic N) is 1. The predicted molar refractivity (Wildman–Crippen MR) is 123 cm³/mol. The molecule has 0 radical (unpaired) electrons. The number of phenolic OH excluding ortho intramolecular Hbond substituents is 1. The molecule has 1 unspecified atom stereocenters. The second kappa shape index (κ2) is 10.1. The third-order valence-corrected chi connectivity index (χ3v) is 4.88. The van der Waals surface area contributed by atoms with E-state index < -0.39 is 6.10 Å². The largest absolute Gasteiger partial charge is 0.508 e. The molecular weight excluding hydrogens is 374 g/mol. The van der Waals surface area contributed by atoms with Crippen LogP contribution in [0.5, 0.6) is 11.5 Å². The molecule has 0 aliphatic heterocycles. The first-order valence-corrected chi connectivity index (χ1v) is 10.1. The number of rotatable bonds is 8. The summed E-state index contributed by atoms with van der Waals surface area (Å²) < 4.78 is 5.83. The van der Waals surface area contributed by atoms with Crippen LogP contribution in [0.2, 0.25) is 0 Å². The van der Waals surface area contributed by atoms with Crippen molar-refractivity contribution in [3.63, 3.8) is 0 Å². The molecule has 3 aromatic rings. The lowest BCUT2D eigenvalue weighted by Crippen LogP contribution is -2.19. The maximum absolute atomic E-state index is 10.7. The molecule has 0 amide bonds. The highest BCUT2D eigenvalue weighted by Gasteiger charge is 2.18. The van der Waals surface area contributed by atoms with Gasteiger partial charge in [0.1, 0.15) is 18.1 Å². The minimum absolute atomic E-state index is 0.209. The lowest BCUT2D eigenvalue weighted by molar-refractivity contribution is 0.253. The number of aromatic hydroxyl groups is 1. The van der Waals surface area contributed by atoms with Gasteiger partial charge in [-0.1, -0.05) is 54.6 Å². The summed E-state index contributed by atoms with van der Waals surface area (Å²) in [5.41, 5.74) is 4.62. The Balaban J connectivity index is 2.07. The van der Waals surface area contributed by atoms with Crippen LogP contribution in [0.15, 0.2) is 78.9 Å². The standard InChI is InChI=1S/C26H29NO3/c1-19(28)25(20-7-5-4-6-8-20)26(21-9-13-23(29)14-10-21)22-11-15-24(16-12-22)30-18-17-27(2)3/h4-16,19,28-29H,17-18H2,1-3H3. The van der Waals surface area contributed by atoms with Crippen molar-refractivity contribution in [2.24, 2.45) is 0 Å². The van der Waals surface area contributed by atoms with Gasteiger partial charge in [0.05, 0.1) is 6.10 Å². The highest BCUT2D eigenvalue weighted by atomic mass is 16.5. The van der Waals surface area contributed by atoms with Crippen molar-refractivity contribution in [3.05, 3.63) is 95.6 Å². The van der Waals surface area contributed by atoms with E-state index in [4.69, 9.17) is 4.74 Å². The minimum Gasteiger partial charge on any atom is -0.508 e.